The zero-order valence-electron chi connectivity index (χ0n) is 13.1. The van der Waals surface area contributed by atoms with E-state index in [2.05, 4.69) is 15.0 Å². The summed E-state index contributed by atoms with van der Waals surface area (Å²) in [7, 11) is -3.99. The zero-order chi connectivity index (χ0) is 18.0. The smallest absolute Gasteiger partial charge is 0.286 e. The Labute approximate surface area is 148 Å². The maximum absolute atomic E-state index is 13.2. The van der Waals surface area contributed by atoms with E-state index in [1.807, 2.05) is 19.1 Å². The first-order valence-corrected chi connectivity index (χ1v) is 9.67. The molecular weight excluding hydrogens is 365 g/mol. The molecule has 1 amide bonds. The molecule has 25 heavy (non-hydrogen) atoms. The molecule has 1 heterocycles. The number of anilines is 2. The van der Waals surface area contributed by atoms with Crippen LogP contribution in [0.2, 0.25) is 0 Å². The molecule has 0 unspecified atom stereocenters. The second kappa shape index (κ2) is 6.85. The maximum atomic E-state index is 13.2. The fraction of sp³-hybridized carbons (Fsp3) is 0.125. The van der Waals surface area contributed by atoms with Crippen molar-refractivity contribution in [3.63, 3.8) is 0 Å². The monoisotopic (exact) mass is 379 g/mol. The first-order valence-electron chi connectivity index (χ1n) is 7.24. The van der Waals surface area contributed by atoms with Gasteiger partial charge >= 0.3 is 0 Å². The highest BCUT2D eigenvalue weighted by atomic mass is 32.2. The molecule has 6 nitrogen and oxygen atoms in total. The summed E-state index contributed by atoms with van der Waals surface area (Å²) in [6.07, 6.45) is 0. The highest BCUT2D eigenvalue weighted by Crippen LogP contribution is 2.30. The average molecular weight is 379 g/mol. The lowest BCUT2D eigenvalue weighted by Gasteiger charge is -2.17. The van der Waals surface area contributed by atoms with Gasteiger partial charge in [-0.1, -0.05) is 29.5 Å². The molecular formula is C16H14FN3O3S2. The topological polar surface area (TPSA) is 87.6 Å². The second-order valence-corrected chi connectivity index (χ2v) is 7.88. The lowest BCUT2D eigenvalue weighted by atomic mass is 10.2. The summed E-state index contributed by atoms with van der Waals surface area (Å²) >= 11 is 0.952. The Morgan fingerprint density at radius 3 is 2.68 bits per heavy atom. The number of benzene rings is 2. The van der Waals surface area contributed by atoms with E-state index in [-0.39, 0.29) is 27.4 Å². The Balaban J connectivity index is 1.66. The van der Waals surface area contributed by atoms with E-state index in [0.717, 1.165) is 29.5 Å². The summed E-state index contributed by atoms with van der Waals surface area (Å²) < 4.78 is 41.0. The summed E-state index contributed by atoms with van der Waals surface area (Å²) in [6, 6.07) is 10.7. The lowest BCUT2D eigenvalue weighted by Crippen LogP contribution is -2.22. The van der Waals surface area contributed by atoms with Crippen LogP contribution in [0.1, 0.15) is 5.56 Å². The number of carbonyl (C=O) groups is 1. The molecule has 2 aromatic rings. The van der Waals surface area contributed by atoms with Crippen LogP contribution in [0, 0.1) is 12.7 Å². The Kier molecular flexibility index (Phi) is 4.78. The first-order chi connectivity index (χ1) is 11.8. The van der Waals surface area contributed by atoms with Gasteiger partial charge in [-0.2, -0.15) is 8.42 Å². The minimum Gasteiger partial charge on any atom is -0.333 e. The number of hydrogen-bond donors (Lipinski definition) is 2. The van der Waals surface area contributed by atoms with E-state index in [0.29, 0.717) is 5.69 Å². The number of amides is 1. The van der Waals surface area contributed by atoms with E-state index in [4.69, 9.17) is 0 Å². The highest BCUT2D eigenvalue weighted by Gasteiger charge is 2.26. The summed E-state index contributed by atoms with van der Waals surface area (Å²) in [6.45, 7) is 1.94. The fourth-order valence-corrected chi connectivity index (χ4v) is 4.19. The Morgan fingerprint density at radius 1 is 1.24 bits per heavy atom. The van der Waals surface area contributed by atoms with Gasteiger partial charge in [0.05, 0.1) is 11.4 Å². The lowest BCUT2D eigenvalue weighted by molar-refractivity contribution is -0.113. The SMILES string of the molecule is Cc1ccc(NC(=O)CSC2=NS(=O)(=O)c3cc(F)ccc3N2)cc1. The molecule has 2 aromatic carbocycles. The molecule has 130 valence electrons. The quantitative estimate of drug-likeness (QED) is 0.856. The van der Waals surface area contributed by atoms with E-state index in [1.165, 1.54) is 6.07 Å². The summed E-state index contributed by atoms with van der Waals surface area (Å²) in [5.41, 5.74) is 1.97. The summed E-state index contributed by atoms with van der Waals surface area (Å²) in [5.74, 6) is -0.972. The number of rotatable bonds is 3. The largest absolute Gasteiger partial charge is 0.333 e. The summed E-state index contributed by atoms with van der Waals surface area (Å²) in [4.78, 5) is 11.8. The predicted molar refractivity (Wildman–Crippen MR) is 96.9 cm³/mol. The molecule has 0 radical (unpaired) electrons. The van der Waals surface area contributed by atoms with Crippen molar-refractivity contribution in [3.05, 3.63) is 53.8 Å². The van der Waals surface area contributed by atoms with Gasteiger partial charge in [-0.15, -0.1) is 4.40 Å². The number of carbonyl (C=O) groups excluding carboxylic acids is 1. The van der Waals surface area contributed by atoms with Gasteiger partial charge in [0, 0.05) is 5.69 Å². The van der Waals surface area contributed by atoms with Crippen LogP contribution >= 0.6 is 11.8 Å². The van der Waals surface area contributed by atoms with Crippen molar-refractivity contribution in [1.82, 2.24) is 0 Å². The summed E-state index contributed by atoms with van der Waals surface area (Å²) in [5, 5.41) is 5.58. The number of halogens is 1. The van der Waals surface area contributed by atoms with Crippen molar-refractivity contribution in [2.75, 3.05) is 16.4 Å². The van der Waals surface area contributed by atoms with Gasteiger partial charge in [-0.3, -0.25) is 4.79 Å². The molecule has 0 atom stereocenters. The number of amidine groups is 1. The second-order valence-electron chi connectivity index (χ2n) is 5.34. The molecule has 9 heteroatoms. The molecule has 0 saturated heterocycles. The van der Waals surface area contributed by atoms with E-state index < -0.39 is 15.8 Å². The minimum absolute atomic E-state index is 0.0221. The zero-order valence-corrected chi connectivity index (χ0v) is 14.7. The molecule has 1 aliphatic heterocycles. The van der Waals surface area contributed by atoms with E-state index in [9.17, 15) is 17.6 Å². The van der Waals surface area contributed by atoms with Crippen molar-refractivity contribution in [2.24, 2.45) is 4.40 Å². The van der Waals surface area contributed by atoms with Gasteiger partial charge in [0.25, 0.3) is 10.0 Å². The van der Waals surface area contributed by atoms with Crippen molar-refractivity contribution >= 4 is 44.2 Å². The predicted octanol–water partition coefficient (Wildman–Crippen LogP) is 2.98. The normalized spacial score (nSPS) is 14.9. The van der Waals surface area contributed by atoms with Gasteiger partial charge in [0.2, 0.25) is 5.91 Å². The van der Waals surface area contributed by atoms with Crippen LogP contribution < -0.4 is 10.6 Å². The third-order valence-electron chi connectivity index (χ3n) is 3.34. The number of aryl methyl sites for hydroxylation is 1. The van der Waals surface area contributed by atoms with Crippen LogP contribution in [-0.2, 0) is 14.8 Å². The number of hydrogen-bond acceptors (Lipinski definition) is 5. The van der Waals surface area contributed by atoms with Gasteiger partial charge in [0.15, 0.2) is 5.17 Å². The number of nitrogens with zero attached hydrogens (tertiary/aromatic N) is 1. The Bertz CT molecular complexity index is 957. The molecule has 0 fully saturated rings. The number of nitrogens with one attached hydrogen (secondary N) is 2. The molecule has 0 saturated carbocycles. The number of thioether (sulfide) groups is 1. The van der Waals surface area contributed by atoms with Crippen molar-refractivity contribution < 1.29 is 17.6 Å². The molecule has 3 rings (SSSR count). The third kappa shape index (κ3) is 4.18. The average Bonchev–Trinajstić information content (AvgIpc) is 2.55. The number of fused-ring (bicyclic) bond motifs is 1. The number of sulfonamides is 1. The Morgan fingerprint density at radius 2 is 1.96 bits per heavy atom. The van der Waals surface area contributed by atoms with Crippen molar-refractivity contribution in [2.45, 2.75) is 11.8 Å². The van der Waals surface area contributed by atoms with Gasteiger partial charge in [-0.25, -0.2) is 4.39 Å². The molecule has 0 spiro atoms. The van der Waals surface area contributed by atoms with Crippen LogP contribution in [-0.4, -0.2) is 25.2 Å². The Hall–Kier alpha value is -2.39. The van der Waals surface area contributed by atoms with Crippen LogP contribution in [0.15, 0.2) is 51.8 Å². The first kappa shape index (κ1) is 17.4. The molecule has 2 N–H and O–H groups in total. The van der Waals surface area contributed by atoms with Gasteiger partial charge < -0.3 is 10.6 Å². The van der Waals surface area contributed by atoms with Crippen LogP contribution in [0.5, 0.6) is 0 Å². The van der Waals surface area contributed by atoms with Crippen molar-refractivity contribution in [3.8, 4) is 0 Å². The third-order valence-corrected chi connectivity index (χ3v) is 5.65. The van der Waals surface area contributed by atoms with E-state index >= 15 is 0 Å². The fourth-order valence-electron chi connectivity index (χ4n) is 2.14. The maximum Gasteiger partial charge on any atom is 0.286 e. The highest BCUT2D eigenvalue weighted by molar-refractivity contribution is 8.15. The molecule has 0 aliphatic carbocycles. The van der Waals surface area contributed by atoms with Crippen LogP contribution in [0.25, 0.3) is 0 Å². The standard InChI is InChI=1S/C16H14FN3O3S2/c1-10-2-5-12(6-3-10)18-15(21)9-24-16-19-13-7-4-11(17)8-14(13)25(22,23)20-16/h2-8H,9H2,1H3,(H,18,21)(H,19,20). The molecule has 0 bridgehead atoms. The molecule has 1 aliphatic rings. The van der Waals surface area contributed by atoms with Crippen LogP contribution in [0.4, 0.5) is 15.8 Å². The van der Waals surface area contributed by atoms with E-state index in [1.54, 1.807) is 12.1 Å². The van der Waals surface area contributed by atoms with Crippen LogP contribution in [0.3, 0.4) is 0 Å². The van der Waals surface area contributed by atoms with Gasteiger partial charge in [0.1, 0.15) is 10.7 Å². The molecule has 0 aromatic heterocycles. The van der Waals surface area contributed by atoms with Gasteiger partial charge in [-0.05, 0) is 37.3 Å². The van der Waals surface area contributed by atoms with Crippen molar-refractivity contribution in [1.29, 1.82) is 0 Å². The minimum atomic E-state index is -3.99.